The minimum absolute atomic E-state index is 1.03. The van der Waals surface area contributed by atoms with Gasteiger partial charge < -0.3 is 9.32 Å². The van der Waals surface area contributed by atoms with Crippen molar-refractivity contribution in [3.05, 3.63) is 41.2 Å². The maximum atomic E-state index is 6.08. The Hall–Kier alpha value is -1.54. The zero-order valence-electron chi connectivity index (χ0n) is 11.4. The fourth-order valence-electron chi connectivity index (χ4n) is 3.26. The summed E-state index contributed by atoms with van der Waals surface area (Å²) >= 11 is 0. The molecule has 0 N–H and O–H groups in total. The normalized spacial score (nSPS) is 19.7. The summed E-state index contributed by atoms with van der Waals surface area (Å²) in [7, 11) is 2.16. The number of fused-ring (bicyclic) bond motifs is 2. The molecule has 0 saturated carbocycles. The van der Waals surface area contributed by atoms with Crippen LogP contribution in [0.1, 0.15) is 29.7 Å². The lowest BCUT2D eigenvalue weighted by molar-refractivity contribution is 0.368. The lowest BCUT2D eigenvalue weighted by atomic mass is 10.0. The van der Waals surface area contributed by atoms with Crippen LogP contribution in [0.5, 0.6) is 0 Å². The van der Waals surface area contributed by atoms with E-state index in [9.17, 15) is 0 Å². The van der Waals surface area contributed by atoms with E-state index in [1.807, 2.05) is 0 Å². The highest BCUT2D eigenvalue weighted by molar-refractivity contribution is 5.83. The smallest absolute Gasteiger partial charge is 0.135 e. The van der Waals surface area contributed by atoms with E-state index in [-0.39, 0.29) is 0 Å². The van der Waals surface area contributed by atoms with Crippen LogP contribution >= 0.6 is 0 Å². The molecule has 19 heavy (non-hydrogen) atoms. The van der Waals surface area contributed by atoms with E-state index in [0.29, 0.717) is 0 Å². The SMILES string of the molecule is CN1CC=C(c2cc3cc4c(cc3o2)CCC4)CC1. The molecule has 1 aromatic heterocycles. The Labute approximate surface area is 113 Å². The van der Waals surface area contributed by atoms with E-state index < -0.39 is 0 Å². The molecule has 0 atom stereocenters. The molecule has 0 saturated heterocycles. The standard InChI is InChI=1S/C17H19NO/c1-18-7-5-12(6-8-18)16-11-15-9-13-3-2-4-14(13)10-17(15)19-16/h5,9-11H,2-4,6-8H2,1H3. The van der Waals surface area contributed by atoms with Crippen molar-refractivity contribution in [3.63, 3.8) is 0 Å². The van der Waals surface area contributed by atoms with Crippen LogP contribution in [0, 0.1) is 0 Å². The summed E-state index contributed by atoms with van der Waals surface area (Å²) in [5, 5.41) is 1.27. The van der Waals surface area contributed by atoms with E-state index in [4.69, 9.17) is 4.42 Å². The molecule has 2 aliphatic rings. The number of furan rings is 1. The molecule has 1 aromatic carbocycles. The van der Waals surface area contributed by atoms with Gasteiger partial charge in [0, 0.05) is 18.5 Å². The lowest BCUT2D eigenvalue weighted by Crippen LogP contribution is -2.23. The Bertz CT molecular complexity index is 624. The Balaban J connectivity index is 1.76. The highest BCUT2D eigenvalue weighted by Crippen LogP contribution is 2.32. The Kier molecular flexibility index (Phi) is 2.52. The maximum Gasteiger partial charge on any atom is 0.135 e. The van der Waals surface area contributed by atoms with Crippen LogP contribution in [0.25, 0.3) is 16.5 Å². The summed E-state index contributed by atoms with van der Waals surface area (Å²) < 4.78 is 6.08. The van der Waals surface area contributed by atoms with Gasteiger partial charge in [0.2, 0.25) is 0 Å². The largest absolute Gasteiger partial charge is 0.456 e. The van der Waals surface area contributed by atoms with Gasteiger partial charge in [-0.05, 0) is 67.6 Å². The van der Waals surface area contributed by atoms with Gasteiger partial charge >= 0.3 is 0 Å². The zero-order chi connectivity index (χ0) is 12.8. The van der Waals surface area contributed by atoms with Crippen molar-refractivity contribution in [2.45, 2.75) is 25.7 Å². The number of hydrogen-bond donors (Lipinski definition) is 0. The second-order valence-electron chi connectivity index (χ2n) is 5.86. The molecular formula is C17H19NO. The van der Waals surface area contributed by atoms with Gasteiger partial charge in [-0.2, -0.15) is 0 Å². The van der Waals surface area contributed by atoms with Gasteiger partial charge in [-0.15, -0.1) is 0 Å². The number of aryl methyl sites for hydroxylation is 2. The first-order chi connectivity index (χ1) is 9.29. The van der Waals surface area contributed by atoms with E-state index >= 15 is 0 Å². The van der Waals surface area contributed by atoms with Crippen molar-refractivity contribution in [2.75, 3.05) is 20.1 Å². The van der Waals surface area contributed by atoms with E-state index in [0.717, 1.165) is 30.9 Å². The molecule has 2 heterocycles. The summed E-state index contributed by atoms with van der Waals surface area (Å²) in [5.74, 6) is 1.08. The summed E-state index contributed by atoms with van der Waals surface area (Å²) in [6, 6.07) is 6.82. The van der Waals surface area contributed by atoms with Crippen molar-refractivity contribution in [2.24, 2.45) is 0 Å². The van der Waals surface area contributed by atoms with Crippen LogP contribution in [-0.2, 0) is 12.8 Å². The van der Waals surface area contributed by atoms with Crippen LogP contribution in [0.2, 0.25) is 0 Å². The summed E-state index contributed by atoms with van der Waals surface area (Å²) in [5.41, 5.74) is 5.45. The van der Waals surface area contributed by atoms with E-state index in [1.165, 1.54) is 41.3 Å². The fraction of sp³-hybridized carbons (Fsp3) is 0.412. The molecular weight excluding hydrogens is 234 g/mol. The summed E-state index contributed by atoms with van der Waals surface area (Å²) in [6.45, 7) is 2.16. The Morgan fingerprint density at radius 3 is 2.68 bits per heavy atom. The molecule has 0 bridgehead atoms. The van der Waals surface area contributed by atoms with Crippen molar-refractivity contribution >= 4 is 16.5 Å². The second-order valence-corrected chi connectivity index (χ2v) is 5.86. The third-order valence-corrected chi connectivity index (χ3v) is 4.46. The van der Waals surface area contributed by atoms with Gasteiger partial charge in [0.05, 0.1) is 0 Å². The van der Waals surface area contributed by atoms with Crippen LogP contribution in [0.15, 0.2) is 28.7 Å². The third-order valence-electron chi connectivity index (χ3n) is 4.46. The number of nitrogens with zero attached hydrogens (tertiary/aromatic N) is 1. The predicted molar refractivity (Wildman–Crippen MR) is 78.3 cm³/mol. The molecule has 2 aromatic rings. The molecule has 1 aliphatic heterocycles. The zero-order valence-corrected chi connectivity index (χ0v) is 11.4. The minimum atomic E-state index is 1.03. The highest BCUT2D eigenvalue weighted by Gasteiger charge is 2.17. The molecule has 0 amide bonds. The first-order valence-corrected chi connectivity index (χ1v) is 7.23. The average Bonchev–Trinajstić information content (AvgIpc) is 3.01. The second kappa shape index (κ2) is 4.24. The van der Waals surface area contributed by atoms with Crippen molar-refractivity contribution in [1.29, 1.82) is 0 Å². The van der Waals surface area contributed by atoms with Gasteiger partial charge in [-0.1, -0.05) is 6.08 Å². The van der Waals surface area contributed by atoms with Crippen LogP contribution < -0.4 is 0 Å². The first kappa shape index (κ1) is 11.3. The highest BCUT2D eigenvalue weighted by atomic mass is 16.3. The van der Waals surface area contributed by atoms with Gasteiger partial charge in [0.25, 0.3) is 0 Å². The van der Waals surface area contributed by atoms with Gasteiger partial charge in [-0.25, -0.2) is 0 Å². The number of hydrogen-bond acceptors (Lipinski definition) is 2. The van der Waals surface area contributed by atoms with E-state index in [1.54, 1.807) is 0 Å². The molecule has 1 aliphatic carbocycles. The van der Waals surface area contributed by atoms with E-state index in [2.05, 4.69) is 36.2 Å². The molecule has 2 nitrogen and oxygen atoms in total. The molecule has 2 heteroatoms. The van der Waals surface area contributed by atoms with Crippen molar-refractivity contribution in [1.82, 2.24) is 4.90 Å². The maximum absolute atomic E-state index is 6.08. The topological polar surface area (TPSA) is 16.4 Å². The van der Waals surface area contributed by atoms with Crippen molar-refractivity contribution in [3.8, 4) is 0 Å². The summed E-state index contributed by atoms with van der Waals surface area (Å²) in [6.07, 6.45) is 7.14. The number of benzene rings is 1. The molecule has 0 radical (unpaired) electrons. The van der Waals surface area contributed by atoms with Crippen LogP contribution in [0.3, 0.4) is 0 Å². The molecule has 4 rings (SSSR count). The van der Waals surface area contributed by atoms with Gasteiger partial charge in [0.1, 0.15) is 11.3 Å². The number of rotatable bonds is 1. The quantitative estimate of drug-likeness (QED) is 0.771. The third kappa shape index (κ3) is 1.91. The monoisotopic (exact) mass is 253 g/mol. The fourth-order valence-corrected chi connectivity index (χ4v) is 3.26. The van der Waals surface area contributed by atoms with Crippen molar-refractivity contribution < 1.29 is 4.42 Å². The lowest BCUT2D eigenvalue weighted by Gasteiger charge is -2.20. The van der Waals surface area contributed by atoms with Gasteiger partial charge in [0.15, 0.2) is 0 Å². The first-order valence-electron chi connectivity index (χ1n) is 7.23. The molecule has 0 spiro atoms. The molecule has 0 unspecified atom stereocenters. The van der Waals surface area contributed by atoms with Gasteiger partial charge in [-0.3, -0.25) is 0 Å². The number of likely N-dealkylation sites (N-methyl/N-ethyl adjacent to an activating group) is 1. The average molecular weight is 253 g/mol. The van der Waals surface area contributed by atoms with Crippen LogP contribution in [0.4, 0.5) is 0 Å². The summed E-state index contributed by atoms with van der Waals surface area (Å²) in [4.78, 5) is 2.33. The molecule has 0 fully saturated rings. The minimum Gasteiger partial charge on any atom is -0.456 e. The Morgan fingerprint density at radius 2 is 1.89 bits per heavy atom. The Morgan fingerprint density at radius 1 is 1.05 bits per heavy atom. The predicted octanol–water partition coefficient (Wildman–Crippen LogP) is 3.64. The molecule has 98 valence electrons. The van der Waals surface area contributed by atoms with Crippen LogP contribution in [-0.4, -0.2) is 25.0 Å².